The Morgan fingerprint density at radius 3 is 2.27 bits per heavy atom. The molecule has 0 unspecified atom stereocenters. The molecule has 0 aliphatic heterocycles. The molecule has 0 heterocycles. The fourth-order valence-corrected chi connectivity index (χ4v) is 2.85. The summed E-state index contributed by atoms with van der Waals surface area (Å²) in [5.41, 5.74) is 0.343. The van der Waals surface area contributed by atoms with Crippen LogP contribution < -0.4 is 19.5 Å². The molecule has 1 N–H and O–H groups in total. The van der Waals surface area contributed by atoms with Gasteiger partial charge in [-0.1, -0.05) is 12.1 Å². The van der Waals surface area contributed by atoms with Crippen LogP contribution in [0, 0.1) is 10.1 Å². The summed E-state index contributed by atoms with van der Waals surface area (Å²) in [6, 6.07) is 7.96. The third-order valence-corrected chi connectivity index (χ3v) is 4.26. The van der Waals surface area contributed by atoms with Crippen LogP contribution in [0.1, 0.15) is 26.3 Å². The van der Waals surface area contributed by atoms with Crippen LogP contribution in [0.5, 0.6) is 17.2 Å². The number of nitrogens with one attached hydrogen (secondary N) is 1. The van der Waals surface area contributed by atoms with Crippen molar-refractivity contribution in [1.29, 1.82) is 0 Å². The molecule has 10 nitrogen and oxygen atoms in total. The highest BCUT2D eigenvalue weighted by molar-refractivity contribution is 6.00. The first-order valence-electron chi connectivity index (χ1n) is 8.81. The Morgan fingerprint density at radius 1 is 1.07 bits per heavy atom. The van der Waals surface area contributed by atoms with Crippen molar-refractivity contribution in [2.75, 3.05) is 35.4 Å². The van der Waals surface area contributed by atoms with Gasteiger partial charge in [0.1, 0.15) is 5.56 Å². The molecule has 0 aliphatic carbocycles. The second kappa shape index (κ2) is 9.59. The van der Waals surface area contributed by atoms with Crippen molar-refractivity contribution in [2.45, 2.75) is 6.54 Å². The van der Waals surface area contributed by atoms with E-state index in [9.17, 15) is 19.7 Å². The molecular formula is C20H23N3O7. The monoisotopic (exact) mass is 417 g/mol. The molecule has 0 fully saturated rings. The summed E-state index contributed by atoms with van der Waals surface area (Å²) in [6.45, 7) is 0.0567. The minimum Gasteiger partial charge on any atom is -0.493 e. The quantitative estimate of drug-likeness (QED) is 0.517. The number of carbonyl (C=O) groups is 2. The van der Waals surface area contributed by atoms with E-state index in [0.29, 0.717) is 11.1 Å². The van der Waals surface area contributed by atoms with Gasteiger partial charge in [-0.3, -0.25) is 19.7 Å². The number of methoxy groups -OCH3 is 3. The average Bonchev–Trinajstić information content (AvgIpc) is 2.74. The molecule has 160 valence electrons. The summed E-state index contributed by atoms with van der Waals surface area (Å²) in [5, 5.41) is 14.3. The molecule has 2 aromatic rings. The predicted molar refractivity (Wildman–Crippen MR) is 108 cm³/mol. The number of carbonyl (C=O) groups excluding carboxylic acids is 2. The zero-order chi connectivity index (χ0) is 22.4. The van der Waals surface area contributed by atoms with E-state index in [1.807, 2.05) is 0 Å². The third-order valence-electron chi connectivity index (χ3n) is 4.26. The standard InChI is InChI=1S/C20H23N3O7/c1-22(2)20(25)13-8-6-7-12(9-13)11-21-19(24)14-10-15(28-3)17(29-4)18(30-5)16(14)23(26)27/h6-10H,11H2,1-5H3,(H,21,24). The number of rotatable bonds is 8. The molecule has 2 amide bonds. The highest BCUT2D eigenvalue weighted by atomic mass is 16.6. The molecule has 0 saturated heterocycles. The molecule has 2 aromatic carbocycles. The topological polar surface area (TPSA) is 120 Å². The van der Waals surface area contributed by atoms with E-state index in [2.05, 4.69) is 5.32 Å². The maximum Gasteiger partial charge on any atom is 0.327 e. The van der Waals surface area contributed by atoms with Crippen molar-refractivity contribution < 1.29 is 28.7 Å². The number of ether oxygens (including phenoxy) is 3. The summed E-state index contributed by atoms with van der Waals surface area (Å²) < 4.78 is 15.4. The van der Waals surface area contributed by atoms with Crippen molar-refractivity contribution in [3.8, 4) is 17.2 Å². The number of nitro benzene ring substituents is 1. The van der Waals surface area contributed by atoms with Gasteiger partial charge >= 0.3 is 5.69 Å². The zero-order valence-corrected chi connectivity index (χ0v) is 17.3. The second-order valence-corrected chi connectivity index (χ2v) is 6.38. The van der Waals surface area contributed by atoms with Gasteiger partial charge in [0.25, 0.3) is 11.8 Å². The Morgan fingerprint density at radius 2 is 1.73 bits per heavy atom. The van der Waals surface area contributed by atoms with Crippen LogP contribution in [0.2, 0.25) is 0 Å². The fraction of sp³-hybridized carbons (Fsp3) is 0.300. The highest BCUT2D eigenvalue weighted by Gasteiger charge is 2.32. The highest BCUT2D eigenvalue weighted by Crippen LogP contribution is 2.46. The van der Waals surface area contributed by atoms with Crippen LogP contribution in [-0.2, 0) is 6.54 Å². The Hall–Kier alpha value is -3.82. The molecule has 0 radical (unpaired) electrons. The molecule has 0 spiro atoms. The smallest absolute Gasteiger partial charge is 0.327 e. The molecule has 10 heteroatoms. The van der Waals surface area contributed by atoms with Crippen LogP contribution in [-0.4, -0.2) is 57.1 Å². The van der Waals surface area contributed by atoms with Crippen LogP contribution in [0.3, 0.4) is 0 Å². The largest absolute Gasteiger partial charge is 0.493 e. The van der Waals surface area contributed by atoms with Gasteiger partial charge in [-0.2, -0.15) is 0 Å². The van der Waals surface area contributed by atoms with E-state index in [1.165, 1.54) is 32.3 Å². The van der Waals surface area contributed by atoms with Crippen LogP contribution in [0.15, 0.2) is 30.3 Å². The molecular weight excluding hydrogens is 394 g/mol. The lowest BCUT2D eigenvalue weighted by molar-refractivity contribution is -0.386. The molecule has 0 aliphatic rings. The van der Waals surface area contributed by atoms with Crippen LogP contribution in [0.4, 0.5) is 5.69 Å². The third kappa shape index (κ3) is 4.59. The number of benzene rings is 2. The van der Waals surface area contributed by atoms with Gasteiger partial charge in [-0.25, -0.2) is 0 Å². The number of hydrogen-bond acceptors (Lipinski definition) is 7. The van der Waals surface area contributed by atoms with E-state index >= 15 is 0 Å². The first kappa shape index (κ1) is 22.5. The van der Waals surface area contributed by atoms with Crippen molar-refractivity contribution in [2.24, 2.45) is 0 Å². The Kier molecular flexibility index (Phi) is 7.18. The van der Waals surface area contributed by atoms with Crippen LogP contribution >= 0.6 is 0 Å². The first-order valence-corrected chi connectivity index (χ1v) is 8.81. The SMILES string of the molecule is COc1cc(C(=O)NCc2cccc(C(=O)N(C)C)c2)c([N+](=O)[O-])c(OC)c1OC. The normalized spacial score (nSPS) is 10.2. The Labute approximate surface area is 173 Å². The first-order chi connectivity index (χ1) is 14.2. The molecule has 0 atom stereocenters. The average molecular weight is 417 g/mol. The molecule has 2 rings (SSSR count). The minimum absolute atomic E-state index is 0.0122. The maximum atomic E-state index is 12.8. The van der Waals surface area contributed by atoms with E-state index in [1.54, 1.807) is 38.4 Å². The number of hydrogen-bond donors (Lipinski definition) is 1. The second-order valence-electron chi connectivity index (χ2n) is 6.38. The van der Waals surface area contributed by atoms with E-state index in [-0.39, 0.29) is 35.3 Å². The summed E-state index contributed by atoms with van der Waals surface area (Å²) in [7, 11) is 7.17. The number of nitro groups is 1. The zero-order valence-electron chi connectivity index (χ0n) is 17.3. The van der Waals surface area contributed by atoms with Gasteiger partial charge in [0.2, 0.25) is 11.5 Å². The molecule has 0 aromatic heterocycles. The van der Waals surface area contributed by atoms with Crippen molar-refractivity contribution >= 4 is 17.5 Å². The lowest BCUT2D eigenvalue weighted by Crippen LogP contribution is -2.25. The van der Waals surface area contributed by atoms with E-state index in [0.717, 1.165) is 0 Å². The molecule has 0 bridgehead atoms. The van der Waals surface area contributed by atoms with Crippen molar-refractivity contribution in [3.63, 3.8) is 0 Å². The molecule has 30 heavy (non-hydrogen) atoms. The van der Waals surface area contributed by atoms with Crippen LogP contribution in [0.25, 0.3) is 0 Å². The minimum atomic E-state index is -0.716. The Bertz CT molecular complexity index is 973. The summed E-state index contributed by atoms with van der Waals surface area (Å²) in [5.74, 6) is -0.971. The van der Waals surface area contributed by atoms with E-state index in [4.69, 9.17) is 14.2 Å². The fourth-order valence-electron chi connectivity index (χ4n) is 2.85. The van der Waals surface area contributed by atoms with Gasteiger partial charge in [0.05, 0.1) is 26.3 Å². The number of nitrogens with zero attached hydrogens (tertiary/aromatic N) is 2. The Balaban J connectivity index is 2.37. The van der Waals surface area contributed by atoms with Gasteiger partial charge in [0.15, 0.2) is 5.75 Å². The summed E-state index contributed by atoms with van der Waals surface area (Å²) in [4.78, 5) is 37.2. The summed E-state index contributed by atoms with van der Waals surface area (Å²) in [6.07, 6.45) is 0. The van der Waals surface area contributed by atoms with Gasteiger partial charge in [-0.05, 0) is 17.7 Å². The van der Waals surface area contributed by atoms with Crippen molar-refractivity contribution in [1.82, 2.24) is 10.2 Å². The van der Waals surface area contributed by atoms with Gasteiger partial charge in [0, 0.05) is 32.3 Å². The lowest BCUT2D eigenvalue weighted by atomic mass is 10.1. The lowest BCUT2D eigenvalue weighted by Gasteiger charge is -2.15. The number of amides is 2. The van der Waals surface area contributed by atoms with Crippen molar-refractivity contribution in [3.05, 3.63) is 57.1 Å². The summed E-state index contributed by atoms with van der Waals surface area (Å²) >= 11 is 0. The van der Waals surface area contributed by atoms with E-state index < -0.39 is 16.5 Å². The maximum absolute atomic E-state index is 12.8. The predicted octanol–water partition coefficient (Wildman–Crippen LogP) is 2.25. The molecule has 0 saturated carbocycles. The van der Waals surface area contributed by atoms with Gasteiger partial charge < -0.3 is 24.4 Å². The van der Waals surface area contributed by atoms with Gasteiger partial charge in [-0.15, -0.1) is 0 Å².